The summed E-state index contributed by atoms with van der Waals surface area (Å²) in [5.41, 5.74) is 0.842. The first-order valence-corrected chi connectivity index (χ1v) is 15.4. The molecule has 3 N–H and O–H groups in total. The number of anilines is 1. The van der Waals surface area contributed by atoms with Crippen molar-refractivity contribution in [3.05, 3.63) is 77.2 Å². The number of urea groups is 1. The summed E-state index contributed by atoms with van der Waals surface area (Å²) in [5, 5.41) is 7.01. The number of carbonyl (C=O) groups excluding carboxylic acids is 2. The van der Waals surface area contributed by atoms with Gasteiger partial charge in [-0.25, -0.2) is 17.9 Å². The number of hydrogen-bond acceptors (Lipinski definition) is 5. The van der Waals surface area contributed by atoms with Crippen LogP contribution in [0.15, 0.2) is 60.5 Å². The summed E-state index contributed by atoms with van der Waals surface area (Å²) in [6.45, 7) is 6.62. The van der Waals surface area contributed by atoms with E-state index in [9.17, 15) is 31.2 Å². The molecule has 9 nitrogen and oxygen atoms in total. The summed E-state index contributed by atoms with van der Waals surface area (Å²) in [6, 6.07) is 11.0. The minimum atomic E-state index is -4.43. The van der Waals surface area contributed by atoms with Crippen molar-refractivity contribution < 1.29 is 31.2 Å². The van der Waals surface area contributed by atoms with Crippen LogP contribution in [0.1, 0.15) is 40.7 Å². The first kappa shape index (κ1) is 31.5. The number of sulfonamides is 1. The monoisotopic (exact) mass is 607 g/mol. The van der Waals surface area contributed by atoms with Crippen LogP contribution in [0, 0.1) is 11.8 Å². The Kier molecular flexibility index (Phi) is 10.3. The van der Waals surface area contributed by atoms with E-state index in [4.69, 9.17) is 0 Å². The van der Waals surface area contributed by atoms with Gasteiger partial charge in [0.1, 0.15) is 0 Å². The fourth-order valence-electron chi connectivity index (χ4n) is 5.17. The van der Waals surface area contributed by atoms with Crippen molar-refractivity contribution in [1.82, 2.24) is 20.3 Å². The lowest BCUT2D eigenvalue weighted by Crippen LogP contribution is -2.45. The van der Waals surface area contributed by atoms with E-state index >= 15 is 0 Å². The second-order valence-electron chi connectivity index (χ2n) is 10.7. The van der Waals surface area contributed by atoms with Gasteiger partial charge in [-0.1, -0.05) is 18.7 Å². The standard InChI is InChI=1S/C29H36F3N5O4S/c1-2-42(40,41)35-18-23-13-15-36(19-23)27(38)24-7-11-26(12-8-24)37(20-22-4-3-14-33-16-22)28(39)34-17-21-5-9-25(10-6-21)29(30,31)32/h2,5-12,22-23,33,35H,1,3-4,13-20H2,(H,34,39). The number of rotatable bonds is 10. The molecule has 0 aromatic heterocycles. The maximum absolute atomic E-state index is 13.3. The molecule has 4 rings (SSSR count). The number of nitrogens with zero attached hydrogens (tertiary/aromatic N) is 2. The highest BCUT2D eigenvalue weighted by Crippen LogP contribution is 2.29. The number of nitrogens with one attached hydrogen (secondary N) is 3. The van der Waals surface area contributed by atoms with E-state index in [0.717, 1.165) is 43.5 Å². The van der Waals surface area contributed by atoms with Crippen LogP contribution < -0.4 is 20.3 Å². The molecule has 2 aliphatic heterocycles. The van der Waals surface area contributed by atoms with E-state index in [1.165, 1.54) is 12.1 Å². The molecule has 0 spiro atoms. The molecule has 2 atom stereocenters. The van der Waals surface area contributed by atoms with Crippen LogP contribution in [-0.2, 0) is 22.7 Å². The Morgan fingerprint density at radius 2 is 1.79 bits per heavy atom. The van der Waals surface area contributed by atoms with Crippen molar-refractivity contribution in [2.24, 2.45) is 11.8 Å². The predicted octanol–water partition coefficient (Wildman–Crippen LogP) is 3.95. The normalized spacial score (nSPS) is 19.4. The third-order valence-electron chi connectivity index (χ3n) is 7.60. The Hall–Kier alpha value is -3.42. The molecule has 2 heterocycles. The summed E-state index contributed by atoms with van der Waals surface area (Å²) in [4.78, 5) is 29.7. The fourth-order valence-corrected chi connectivity index (χ4v) is 5.76. The zero-order chi connectivity index (χ0) is 30.3. The highest BCUT2D eigenvalue weighted by molar-refractivity contribution is 7.92. The summed E-state index contributed by atoms with van der Waals surface area (Å²) >= 11 is 0. The summed E-state index contributed by atoms with van der Waals surface area (Å²) < 4.78 is 64.4. The lowest BCUT2D eigenvalue weighted by Gasteiger charge is -2.30. The lowest BCUT2D eigenvalue weighted by atomic mass is 9.99. The van der Waals surface area contributed by atoms with E-state index in [2.05, 4.69) is 21.9 Å². The van der Waals surface area contributed by atoms with Gasteiger partial charge in [-0.2, -0.15) is 13.2 Å². The highest BCUT2D eigenvalue weighted by atomic mass is 32.2. The summed E-state index contributed by atoms with van der Waals surface area (Å²) in [5.74, 6) is 0.0400. The number of piperidine rings is 1. The first-order chi connectivity index (χ1) is 19.9. The predicted molar refractivity (Wildman–Crippen MR) is 154 cm³/mol. The number of benzene rings is 2. The Morgan fingerprint density at radius 1 is 1.07 bits per heavy atom. The maximum atomic E-state index is 13.3. The molecule has 3 amide bonds. The van der Waals surface area contributed by atoms with Gasteiger partial charge >= 0.3 is 12.2 Å². The van der Waals surface area contributed by atoms with Gasteiger partial charge < -0.3 is 15.5 Å². The average Bonchev–Trinajstić information content (AvgIpc) is 3.47. The molecular formula is C29H36F3N5O4S. The quantitative estimate of drug-likeness (QED) is 0.379. The molecule has 0 saturated carbocycles. The second kappa shape index (κ2) is 13.7. The molecule has 0 radical (unpaired) electrons. The number of carbonyl (C=O) groups is 2. The Bertz CT molecular complexity index is 1340. The van der Waals surface area contributed by atoms with Gasteiger partial charge in [0.05, 0.1) is 5.56 Å². The topological polar surface area (TPSA) is 111 Å². The number of halogens is 3. The molecule has 2 unspecified atom stereocenters. The van der Waals surface area contributed by atoms with Crippen molar-refractivity contribution in [2.45, 2.75) is 32.0 Å². The number of hydrogen-bond donors (Lipinski definition) is 3. The lowest BCUT2D eigenvalue weighted by molar-refractivity contribution is -0.137. The van der Waals surface area contributed by atoms with E-state index in [1.807, 2.05) is 0 Å². The molecule has 228 valence electrons. The Morgan fingerprint density at radius 3 is 2.40 bits per heavy atom. The largest absolute Gasteiger partial charge is 0.416 e. The number of amides is 3. The Balaban J connectivity index is 1.40. The van der Waals surface area contributed by atoms with E-state index in [-0.39, 0.29) is 36.9 Å². The van der Waals surface area contributed by atoms with Gasteiger partial charge in [0.25, 0.3) is 5.91 Å². The van der Waals surface area contributed by atoms with Gasteiger partial charge in [-0.05, 0) is 86.1 Å². The van der Waals surface area contributed by atoms with E-state index in [0.29, 0.717) is 42.9 Å². The molecule has 0 aliphatic carbocycles. The zero-order valence-electron chi connectivity index (χ0n) is 23.2. The fraction of sp³-hybridized carbons (Fsp3) is 0.448. The molecule has 42 heavy (non-hydrogen) atoms. The molecule has 2 aliphatic rings. The third-order valence-corrected chi connectivity index (χ3v) is 8.61. The smallest absolute Gasteiger partial charge is 0.338 e. The van der Waals surface area contributed by atoms with Crippen molar-refractivity contribution in [3.8, 4) is 0 Å². The van der Waals surface area contributed by atoms with Gasteiger partial charge in [0, 0.05) is 49.4 Å². The van der Waals surface area contributed by atoms with E-state index in [1.54, 1.807) is 34.1 Å². The van der Waals surface area contributed by atoms with Crippen LogP contribution in [-0.4, -0.2) is 64.5 Å². The van der Waals surface area contributed by atoms with Crippen molar-refractivity contribution in [3.63, 3.8) is 0 Å². The van der Waals surface area contributed by atoms with Gasteiger partial charge in [0.2, 0.25) is 10.0 Å². The summed E-state index contributed by atoms with van der Waals surface area (Å²) in [6.07, 6.45) is -1.81. The molecule has 13 heteroatoms. The minimum Gasteiger partial charge on any atom is -0.338 e. The molecule has 2 saturated heterocycles. The van der Waals surface area contributed by atoms with Gasteiger partial charge in [0.15, 0.2) is 0 Å². The van der Waals surface area contributed by atoms with Gasteiger partial charge in [-0.3, -0.25) is 9.69 Å². The van der Waals surface area contributed by atoms with Crippen LogP contribution >= 0.6 is 0 Å². The maximum Gasteiger partial charge on any atom is 0.416 e. The van der Waals surface area contributed by atoms with Crippen LogP contribution in [0.3, 0.4) is 0 Å². The molecule has 2 aromatic rings. The highest BCUT2D eigenvalue weighted by Gasteiger charge is 2.30. The van der Waals surface area contributed by atoms with Crippen LogP contribution in [0.4, 0.5) is 23.7 Å². The second-order valence-corrected chi connectivity index (χ2v) is 12.4. The molecule has 2 aromatic carbocycles. The van der Waals surface area contributed by atoms with Crippen LogP contribution in [0.2, 0.25) is 0 Å². The molecule has 2 fully saturated rings. The number of alkyl halides is 3. The van der Waals surface area contributed by atoms with Crippen molar-refractivity contribution in [1.29, 1.82) is 0 Å². The van der Waals surface area contributed by atoms with Crippen molar-refractivity contribution in [2.75, 3.05) is 44.2 Å². The van der Waals surface area contributed by atoms with Crippen LogP contribution in [0.25, 0.3) is 0 Å². The molecular weight excluding hydrogens is 571 g/mol. The third kappa shape index (κ3) is 8.55. The average molecular weight is 608 g/mol. The van der Waals surface area contributed by atoms with Crippen molar-refractivity contribution >= 4 is 27.6 Å². The Labute approximate surface area is 244 Å². The SMILES string of the molecule is C=CS(=O)(=O)NCC1CCN(C(=O)c2ccc(N(CC3CCCNC3)C(=O)NCc3ccc(C(F)(F)F)cc3)cc2)C1. The molecule has 0 bridgehead atoms. The minimum absolute atomic E-state index is 0.00379. The first-order valence-electron chi connectivity index (χ1n) is 13.9. The number of likely N-dealkylation sites (tertiary alicyclic amines) is 1. The van der Waals surface area contributed by atoms with Crippen LogP contribution in [0.5, 0.6) is 0 Å². The van der Waals surface area contributed by atoms with E-state index < -0.39 is 21.8 Å². The van der Waals surface area contributed by atoms with Gasteiger partial charge in [-0.15, -0.1) is 0 Å². The zero-order valence-corrected chi connectivity index (χ0v) is 24.0. The summed E-state index contributed by atoms with van der Waals surface area (Å²) in [7, 11) is -3.53.